The van der Waals surface area contributed by atoms with Crippen LogP contribution in [-0.2, 0) is 16.0 Å². The molecule has 0 heterocycles. The summed E-state index contributed by atoms with van der Waals surface area (Å²) in [6.45, 7) is 3.94. The zero-order valence-corrected chi connectivity index (χ0v) is 12.1. The Morgan fingerprint density at radius 1 is 0.810 bits per heavy atom. The minimum atomic E-state index is 0.685. The third kappa shape index (κ3) is 3.69. The predicted octanol–water partition coefficient (Wildman–Crippen LogP) is 3.03. The molecule has 4 heteroatoms. The standard InChI is InChI=1S/C17H18N2O2/c1-12-7-14(3-5-16(12)18-10-20)9-15-4-6-17(19-11-21)13(2)8-15/h3-8,10-11H,9H2,1-2H3,(H,18,20)(H,19,21). The number of carbonyl (C=O) groups excluding carboxylic acids is 2. The average molecular weight is 282 g/mol. The Kier molecular flexibility index (Phi) is 4.72. The van der Waals surface area contributed by atoms with E-state index in [-0.39, 0.29) is 0 Å². The van der Waals surface area contributed by atoms with Crippen molar-refractivity contribution in [1.29, 1.82) is 0 Å². The van der Waals surface area contributed by atoms with Crippen LogP contribution in [0.5, 0.6) is 0 Å². The number of nitrogens with one attached hydrogen (secondary N) is 2. The molecular weight excluding hydrogens is 264 g/mol. The Labute approximate surface area is 124 Å². The molecule has 0 aliphatic rings. The fourth-order valence-corrected chi connectivity index (χ4v) is 2.36. The second-order valence-corrected chi connectivity index (χ2v) is 5.00. The van der Waals surface area contributed by atoms with Crippen molar-refractivity contribution in [3.8, 4) is 0 Å². The van der Waals surface area contributed by atoms with Gasteiger partial charge < -0.3 is 10.6 Å². The van der Waals surface area contributed by atoms with Gasteiger partial charge in [0.2, 0.25) is 12.8 Å². The van der Waals surface area contributed by atoms with Gasteiger partial charge in [0, 0.05) is 11.4 Å². The molecular formula is C17H18N2O2. The van der Waals surface area contributed by atoms with Crippen molar-refractivity contribution in [2.45, 2.75) is 20.3 Å². The van der Waals surface area contributed by atoms with Gasteiger partial charge in [-0.3, -0.25) is 9.59 Å². The van der Waals surface area contributed by atoms with Crippen LogP contribution in [0.25, 0.3) is 0 Å². The summed E-state index contributed by atoms with van der Waals surface area (Å²) in [5.74, 6) is 0. The van der Waals surface area contributed by atoms with Crippen LogP contribution in [-0.4, -0.2) is 12.8 Å². The van der Waals surface area contributed by atoms with E-state index in [2.05, 4.69) is 22.8 Å². The van der Waals surface area contributed by atoms with Gasteiger partial charge in [-0.25, -0.2) is 0 Å². The van der Waals surface area contributed by atoms with Gasteiger partial charge in [0.15, 0.2) is 0 Å². The fourth-order valence-electron chi connectivity index (χ4n) is 2.36. The van der Waals surface area contributed by atoms with Crippen LogP contribution in [0.4, 0.5) is 11.4 Å². The summed E-state index contributed by atoms with van der Waals surface area (Å²) < 4.78 is 0. The summed E-state index contributed by atoms with van der Waals surface area (Å²) in [5, 5.41) is 5.35. The van der Waals surface area contributed by atoms with E-state index < -0.39 is 0 Å². The van der Waals surface area contributed by atoms with E-state index in [1.165, 1.54) is 11.1 Å². The van der Waals surface area contributed by atoms with Crippen LogP contribution in [0, 0.1) is 13.8 Å². The number of amides is 2. The van der Waals surface area contributed by atoms with E-state index in [0.29, 0.717) is 12.8 Å². The fraction of sp³-hybridized carbons (Fsp3) is 0.176. The molecule has 2 aromatic carbocycles. The highest BCUT2D eigenvalue weighted by molar-refractivity contribution is 5.74. The van der Waals surface area contributed by atoms with Gasteiger partial charge in [-0.15, -0.1) is 0 Å². The number of benzene rings is 2. The summed E-state index contributed by atoms with van der Waals surface area (Å²) >= 11 is 0. The SMILES string of the molecule is Cc1cc(Cc2ccc(NC=O)c(C)c2)ccc1NC=O. The highest BCUT2D eigenvalue weighted by Gasteiger charge is 2.03. The van der Waals surface area contributed by atoms with E-state index in [1.807, 2.05) is 38.1 Å². The topological polar surface area (TPSA) is 58.2 Å². The Bertz CT molecular complexity index is 608. The van der Waals surface area contributed by atoms with Gasteiger partial charge in [-0.1, -0.05) is 24.3 Å². The molecule has 2 rings (SSSR count). The summed E-state index contributed by atoms with van der Waals surface area (Å²) in [7, 11) is 0. The molecule has 0 aliphatic carbocycles. The van der Waals surface area contributed by atoms with E-state index in [1.54, 1.807) is 0 Å². The van der Waals surface area contributed by atoms with Crippen molar-refractivity contribution in [2.24, 2.45) is 0 Å². The molecule has 0 bridgehead atoms. The Morgan fingerprint density at radius 3 is 1.57 bits per heavy atom. The molecule has 108 valence electrons. The van der Waals surface area contributed by atoms with Gasteiger partial charge in [-0.05, 0) is 54.7 Å². The molecule has 2 amide bonds. The summed E-state index contributed by atoms with van der Waals surface area (Å²) in [4.78, 5) is 21.0. The lowest BCUT2D eigenvalue weighted by atomic mass is 10.0. The van der Waals surface area contributed by atoms with Crippen molar-refractivity contribution in [3.05, 3.63) is 58.7 Å². The van der Waals surface area contributed by atoms with Crippen molar-refractivity contribution in [2.75, 3.05) is 10.6 Å². The molecule has 0 spiro atoms. The van der Waals surface area contributed by atoms with Gasteiger partial charge in [0.1, 0.15) is 0 Å². The monoisotopic (exact) mass is 282 g/mol. The van der Waals surface area contributed by atoms with Crippen LogP contribution in [0.2, 0.25) is 0 Å². The minimum Gasteiger partial charge on any atom is -0.328 e. The van der Waals surface area contributed by atoms with E-state index in [4.69, 9.17) is 0 Å². The maximum Gasteiger partial charge on any atom is 0.211 e. The second-order valence-electron chi connectivity index (χ2n) is 5.00. The third-order valence-corrected chi connectivity index (χ3v) is 3.42. The quantitative estimate of drug-likeness (QED) is 0.800. The Balaban J connectivity index is 2.18. The molecule has 0 unspecified atom stereocenters. The predicted molar refractivity (Wildman–Crippen MR) is 84.5 cm³/mol. The molecule has 2 aromatic rings. The lowest BCUT2D eigenvalue weighted by Crippen LogP contribution is -1.99. The zero-order chi connectivity index (χ0) is 15.2. The highest BCUT2D eigenvalue weighted by atomic mass is 16.1. The van der Waals surface area contributed by atoms with Crippen LogP contribution < -0.4 is 10.6 Å². The maximum atomic E-state index is 10.5. The van der Waals surface area contributed by atoms with Gasteiger partial charge >= 0.3 is 0 Å². The van der Waals surface area contributed by atoms with Crippen molar-refractivity contribution in [3.63, 3.8) is 0 Å². The largest absolute Gasteiger partial charge is 0.328 e. The van der Waals surface area contributed by atoms with Crippen LogP contribution in [0.15, 0.2) is 36.4 Å². The second kappa shape index (κ2) is 6.70. The average Bonchev–Trinajstić information content (AvgIpc) is 2.45. The van der Waals surface area contributed by atoms with Crippen molar-refractivity contribution < 1.29 is 9.59 Å². The normalized spacial score (nSPS) is 10.0. The number of rotatable bonds is 6. The molecule has 4 nitrogen and oxygen atoms in total. The molecule has 0 saturated heterocycles. The van der Waals surface area contributed by atoms with Gasteiger partial charge in [0.25, 0.3) is 0 Å². The molecule has 0 radical (unpaired) electrons. The number of hydrogen-bond donors (Lipinski definition) is 2. The van der Waals surface area contributed by atoms with E-state index in [9.17, 15) is 9.59 Å². The Morgan fingerprint density at radius 2 is 1.24 bits per heavy atom. The first-order valence-corrected chi connectivity index (χ1v) is 6.73. The highest BCUT2D eigenvalue weighted by Crippen LogP contribution is 2.21. The Hall–Kier alpha value is -2.62. The van der Waals surface area contributed by atoms with E-state index >= 15 is 0 Å². The molecule has 0 aromatic heterocycles. The number of anilines is 2. The molecule has 0 aliphatic heterocycles. The molecule has 0 saturated carbocycles. The third-order valence-electron chi connectivity index (χ3n) is 3.42. The molecule has 0 atom stereocenters. The van der Waals surface area contributed by atoms with Crippen LogP contribution in [0.3, 0.4) is 0 Å². The summed E-state index contributed by atoms with van der Waals surface area (Å²) in [6, 6.07) is 12.0. The summed E-state index contributed by atoms with van der Waals surface area (Å²) in [6.07, 6.45) is 2.18. The number of carbonyl (C=O) groups is 2. The van der Waals surface area contributed by atoms with Crippen molar-refractivity contribution in [1.82, 2.24) is 0 Å². The molecule has 21 heavy (non-hydrogen) atoms. The van der Waals surface area contributed by atoms with Gasteiger partial charge in [-0.2, -0.15) is 0 Å². The minimum absolute atomic E-state index is 0.685. The smallest absolute Gasteiger partial charge is 0.211 e. The summed E-state index contributed by atoms with van der Waals surface area (Å²) in [5.41, 5.74) is 6.09. The first-order chi connectivity index (χ1) is 10.1. The lowest BCUT2D eigenvalue weighted by Gasteiger charge is -2.10. The lowest BCUT2D eigenvalue weighted by molar-refractivity contribution is -0.106. The van der Waals surface area contributed by atoms with Crippen LogP contribution >= 0.6 is 0 Å². The van der Waals surface area contributed by atoms with Crippen LogP contribution in [0.1, 0.15) is 22.3 Å². The first kappa shape index (κ1) is 14.8. The van der Waals surface area contributed by atoms with Gasteiger partial charge in [0.05, 0.1) is 0 Å². The maximum absolute atomic E-state index is 10.5. The number of hydrogen-bond acceptors (Lipinski definition) is 2. The number of aryl methyl sites for hydroxylation is 2. The van der Waals surface area contributed by atoms with E-state index in [0.717, 1.165) is 28.9 Å². The molecule has 2 N–H and O–H groups in total. The van der Waals surface area contributed by atoms with Crippen molar-refractivity contribution >= 4 is 24.2 Å². The zero-order valence-electron chi connectivity index (χ0n) is 12.1. The molecule has 0 fully saturated rings. The first-order valence-electron chi connectivity index (χ1n) is 6.73.